The zero-order chi connectivity index (χ0) is 9.07. The lowest BCUT2D eigenvalue weighted by Gasteiger charge is -2.08. The summed E-state index contributed by atoms with van der Waals surface area (Å²) in [6.45, 7) is 0. The fourth-order valence-corrected chi connectivity index (χ4v) is 1.04. The topological polar surface area (TPSA) is 54.5 Å². The first-order chi connectivity index (χ1) is 4.83. The Morgan fingerprint density at radius 1 is 1.36 bits per heavy atom. The Bertz CT molecular complexity index is 230. The van der Waals surface area contributed by atoms with Crippen LogP contribution in [0.25, 0.3) is 0 Å². The van der Waals surface area contributed by atoms with Crippen LogP contribution in [0.5, 0.6) is 0 Å². The van der Waals surface area contributed by atoms with Crippen molar-refractivity contribution in [2.24, 2.45) is 0 Å². The van der Waals surface area contributed by atoms with Crippen LogP contribution in [-0.2, 0) is 14.6 Å². The molecule has 0 fully saturated rings. The molecule has 0 heterocycles. The predicted molar refractivity (Wildman–Crippen MR) is 43.0 cm³/mol. The first-order valence-electron chi connectivity index (χ1n) is 3.21. The van der Waals surface area contributed by atoms with Crippen molar-refractivity contribution in [1.29, 1.82) is 0 Å². The van der Waals surface area contributed by atoms with E-state index in [4.69, 9.17) is 0 Å². The number of sulfone groups is 1. The maximum absolute atomic E-state index is 10.9. The molecule has 0 rings (SSSR count). The summed E-state index contributed by atoms with van der Waals surface area (Å²) < 4.78 is 21.2. The minimum absolute atomic E-state index is 0.0655. The summed E-state index contributed by atoms with van der Waals surface area (Å²) in [4.78, 5) is 12.2. The summed E-state index contributed by atoms with van der Waals surface area (Å²) in [7, 11) is 0.203. The van der Waals surface area contributed by atoms with Crippen molar-refractivity contribution in [1.82, 2.24) is 4.90 Å². The van der Waals surface area contributed by atoms with Crippen LogP contribution < -0.4 is 0 Å². The number of carbonyl (C=O) groups excluding carboxylic acids is 1. The number of rotatable bonds is 3. The number of hydrogen-bond donors (Lipinski definition) is 0. The Hall–Kier alpha value is -0.580. The Morgan fingerprint density at radius 3 is 2.09 bits per heavy atom. The molecule has 0 aromatic rings. The summed E-state index contributed by atoms with van der Waals surface area (Å²) in [5, 5.41) is 0. The van der Waals surface area contributed by atoms with Crippen LogP contribution in [0.2, 0.25) is 0 Å². The second-order valence-corrected chi connectivity index (χ2v) is 4.93. The van der Waals surface area contributed by atoms with Crippen molar-refractivity contribution in [3.05, 3.63) is 0 Å². The van der Waals surface area contributed by atoms with Crippen LogP contribution >= 0.6 is 0 Å². The van der Waals surface area contributed by atoms with Gasteiger partial charge in [-0.2, -0.15) is 0 Å². The number of nitrogens with zero attached hydrogens (tertiary/aromatic N) is 1. The molecule has 0 bridgehead atoms. The van der Waals surface area contributed by atoms with E-state index in [0.717, 1.165) is 6.26 Å². The SMILES string of the molecule is CN(C)C(=O)CCS(C)(=O)=O. The van der Waals surface area contributed by atoms with E-state index in [2.05, 4.69) is 0 Å². The van der Waals surface area contributed by atoms with Crippen LogP contribution in [0.3, 0.4) is 0 Å². The molecule has 5 heteroatoms. The zero-order valence-corrected chi connectivity index (χ0v) is 7.81. The van der Waals surface area contributed by atoms with Crippen molar-refractivity contribution in [3.63, 3.8) is 0 Å². The molecule has 0 aliphatic heterocycles. The summed E-state index contributed by atoms with van der Waals surface area (Å²) in [5.74, 6) is -0.222. The van der Waals surface area contributed by atoms with Gasteiger partial charge in [-0.15, -0.1) is 0 Å². The minimum atomic E-state index is -3.00. The highest BCUT2D eigenvalue weighted by Crippen LogP contribution is 1.91. The van der Waals surface area contributed by atoms with Crippen LogP contribution in [0, 0.1) is 0 Å². The first kappa shape index (κ1) is 10.4. The highest BCUT2D eigenvalue weighted by Gasteiger charge is 2.08. The van der Waals surface area contributed by atoms with Crippen molar-refractivity contribution in [2.45, 2.75) is 6.42 Å². The molecule has 0 aliphatic carbocycles. The lowest BCUT2D eigenvalue weighted by molar-refractivity contribution is -0.128. The van der Waals surface area contributed by atoms with Crippen molar-refractivity contribution in [3.8, 4) is 0 Å². The summed E-state index contributed by atoms with van der Waals surface area (Å²) in [6, 6.07) is 0. The monoisotopic (exact) mass is 179 g/mol. The van der Waals surface area contributed by atoms with E-state index in [9.17, 15) is 13.2 Å². The molecular weight excluding hydrogens is 166 g/mol. The van der Waals surface area contributed by atoms with E-state index in [1.54, 1.807) is 14.1 Å². The minimum Gasteiger partial charge on any atom is -0.349 e. The average Bonchev–Trinajstić information content (AvgIpc) is 1.80. The summed E-state index contributed by atoms with van der Waals surface area (Å²) in [5.41, 5.74) is 0. The van der Waals surface area contributed by atoms with Gasteiger partial charge in [0.2, 0.25) is 5.91 Å². The average molecular weight is 179 g/mol. The predicted octanol–water partition coefficient (Wildman–Crippen LogP) is -0.491. The zero-order valence-electron chi connectivity index (χ0n) is 6.99. The molecule has 0 unspecified atom stereocenters. The molecule has 0 aliphatic rings. The van der Waals surface area contributed by atoms with Crippen LogP contribution in [0.15, 0.2) is 0 Å². The fourth-order valence-electron chi connectivity index (χ4n) is 0.496. The molecule has 66 valence electrons. The molecule has 0 saturated heterocycles. The largest absolute Gasteiger partial charge is 0.349 e. The quantitative estimate of drug-likeness (QED) is 0.587. The Balaban J connectivity index is 3.83. The van der Waals surface area contributed by atoms with Gasteiger partial charge in [0.25, 0.3) is 0 Å². The van der Waals surface area contributed by atoms with Crippen LogP contribution in [0.4, 0.5) is 0 Å². The highest BCUT2D eigenvalue weighted by molar-refractivity contribution is 7.90. The Kier molecular flexibility index (Phi) is 3.51. The van der Waals surface area contributed by atoms with Gasteiger partial charge in [-0.05, 0) is 0 Å². The van der Waals surface area contributed by atoms with E-state index >= 15 is 0 Å². The van der Waals surface area contributed by atoms with E-state index < -0.39 is 9.84 Å². The smallest absolute Gasteiger partial charge is 0.223 e. The number of amides is 1. The van der Waals surface area contributed by atoms with E-state index in [1.165, 1.54) is 4.90 Å². The Labute approximate surface area is 67.1 Å². The molecule has 11 heavy (non-hydrogen) atoms. The molecule has 0 aromatic heterocycles. The molecule has 0 spiro atoms. The second kappa shape index (κ2) is 3.71. The molecule has 0 N–H and O–H groups in total. The molecular formula is C6H13NO3S. The third kappa shape index (κ3) is 5.84. The molecule has 1 amide bonds. The van der Waals surface area contributed by atoms with Crippen molar-refractivity contribution < 1.29 is 13.2 Å². The summed E-state index contributed by atoms with van der Waals surface area (Å²) >= 11 is 0. The van der Waals surface area contributed by atoms with Gasteiger partial charge in [-0.3, -0.25) is 4.79 Å². The number of hydrogen-bond acceptors (Lipinski definition) is 3. The van der Waals surface area contributed by atoms with Crippen LogP contribution in [0.1, 0.15) is 6.42 Å². The molecule has 0 saturated carbocycles. The third-order valence-electron chi connectivity index (χ3n) is 1.19. The number of carbonyl (C=O) groups is 1. The van der Waals surface area contributed by atoms with Gasteiger partial charge >= 0.3 is 0 Å². The van der Waals surface area contributed by atoms with Gasteiger partial charge < -0.3 is 4.90 Å². The lowest BCUT2D eigenvalue weighted by Crippen LogP contribution is -2.23. The van der Waals surface area contributed by atoms with Crippen molar-refractivity contribution >= 4 is 15.7 Å². The van der Waals surface area contributed by atoms with Gasteiger partial charge in [-0.25, -0.2) is 8.42 Å². The standard InChI is InChI=1S/C6H13NO3S/c1-7(2)6(8)4-5-11(3,9)10/h4-5H2,1-3H3. The maximum Gasteiger partial charge on any atom is 0.223 e. The normalized spacial score (nSPS) is 11.2. The first-order valence-corrected chi connectivity index (χ1v) is 5.27. The Morgan fingerprint density at radius 2 is 1.82 bits per heavy atom. The van der Waals surface area contributed by atoms with E-state index in [0.29, 0.717) is 0 Å². The molecule has 4 nitrogen and oxygen atoms in total. The van der Waals surface area contributed by atoms with Gasteiger partial charge in [0, 0.05) is 26.8 Å². The molecule has 0 aromatic carbocycles. The highest BCUT2D eigenvalue weighted by atomic mass is 32.2. The molecule has 0 atom stereocenters. The maximum atomic E-state index is 10.9. The summed E-state index contributed by atoms with van der Waals surface area (Å²) in [6.07, 6.45) is 1.20. The van der Waals surface area contributed by atoms with E-state index in [-0.39, 0.29) is 18.1 Å². The van der Waals surface area contributed by atoms with Crippen LogP contribution in [-0.4, -0.2) is 45.3 Å². The lowest BCUT2D eigenvalue weighted by atomic mass is 10.4. The fraction of sp³-hybridized carbons (Fsp3) is 0.833. The third-order valence-corrected chi connectivity index (χ3v) is 2.13. The van der Waals surface area contributed by atoms with Gasteiger partial charge in [0.1, 0.15) is 9.84 Å². The van der Waals surface area contributed by atoms with Gasteiger partial charge in [0.05, 0.1) is 5.75 Å². The second-order valence-electron chi connectivity index (χ2n) is 2.67. The van der Waals surface area contributed by atoms with E-state index in [1.807, 2.05) is 0 Å². The molecule has 0 radical (unpaired) electrons. The van der Waals surface area contributed by atoms with Gasteiger partial charge in [0.15, 0.2) is 0 Å². The van der Waals surface area contributed by atoms with Crippen molar-refractivity contribution in [2.75, 3.05) is 26.1 Å². The van der Waals surface area contributed by atoms with Gasteiger partial charge in [-0.1, -0.05) is 0 Å².